The van der Waals surface area contributed by atoms with E-state index in [1.807, 2.05) is 27.7 Å². The zero-order chi connectivity index (χ0) is 12.3. The highest BCUT2D eigenvalue weighted by Gasteiger charge is 2.28. The van der Waals surface area contributed by atoms with Gasteiger partial charge in [-0.1, -0.05) is 6.92 Å². The molecule has 3 atom stereocenters. The van der Waals surface area contributed by atoms with E-state index in [4.69, 9.17) is 4.74 Å². The van der Waals surface area contributed by atoms with Crippen LogP contribution < -0.4 is 5.32 Å². The second-order valence-corrected chi connectivity index (χ2v) is 5.70. The first kappa shape index (κ1) is 13.3. The Kier molecular flexibility index (Phi) is 4.19. The first-order valence-electron chi connectivity index (χ1n) is 5.95. The fourth-order valence-electron chi connectivity index (χ4n) is 1.90. The van der Waals surface area contributed by atoms with Gasteiger partial charge in [0, 0.05) is 6.04 Å². The summed E-state index contributed by atoms with van der Waals surface area (Å²) in [4.78, 5) is 11.5. The zero-order valence-electron chi connectivity index (χ0n) is 10.6. The summed E-state index contributed by atoms with van der Waals surface area (Å²) < 4.78 is 5.17. The van der Waals surface area contributed by atoms with Crippen molar-refractivity contribution in [1.29, 1.82) is 0 Å². The Morgan fingerprint density at radius 2 is 2.00 bits per heavy atom. The van der Waals surface area contributed by atoms with E-state index in [1.54, 1.807) is 0 Å². The molecule has 16 heavy (non-hydrogen) atoms. The van der Waals surface area contributed by atoms with Crippen LogP contribution in [-0.2, 0) is 4.74 Å². The van der Waals surface area contributed by atoms with E-state index in [0.29, 0.717) is 12.3 Å². The lowest BCUT2D eigenvalue weighted by Gasteiger charge is -2.32. The highest BCUT2D eigenvalue weighted by Crippen LogP contribution is 2.24. The van der Waals surface area contributed by atoms with Crippen LogP contribution in [0.1, 0.15) is 47.0 Å². The van der Waals surface area contributed by atoms with Crippen LogP contribution in [0.3, 0.4) is 0 Å². The van der Waals surface area contributed by atoms with Crippen molar-refractivity contribution in [3.8, 4) is 0 Å². The first-order chi connectivity index (χ1) is 7.28. The van der Waals surface area contributed by atoms with Gasteiger partial charge in [-0.2, -0.15) is 0 Å². The Morgan fingerprint density at radius 3 is 2.50 bits per heavy atom. The van der Waals surface area contributed by atoms with E-state index in [2.05, 4.69) is 5.32 Å². The fraction of sp³-hybridized carbons (Fsp3) is 0.917. The molecular weight excluding hydrogens is 206 g/mol. The molecule has 0 aliphatic heterocycles. The summed E-state index contributed by atoms with van der Waals surface area (Å²) in [5.41, 5.74) is -0.468. The van der Waals surface area contributed by atoms with Gasteiger partial charge in [-0.05, 0) is 46.0 Å². The van der Waals surface area contributed by atoms with Gasteiger partial charge < -0.3 is 15.2 Å². The normalized spacial score (nSPS) is 30.9. The Balaban J connectivity index is 2.35. The minimum atomic E-state index is -0.468. The quantitative estimate of drug-likeness (QED) is 0.723. The van der Waals surface area contributed by atoms with E-state index in [9.17, 15) is 9.90 Å². The predicted octanol–water partition coefficient (Wildman–Crippen LogP) is 2.06. The molecule has 4 heteroatoms. The zero-order valence-corrected chi connectivity index (χ0v) is 10.6. The van der Waals surface area contributed by atoms with Crippen LogP contribution in [0.4, 0.5) is 4.79 Å². The molecule has 4 nitrogen and oxygen atoms in total. The molecular formula is C12H23NO3. The minimum absolute atomic E-state index is 0.0426. The average Bonchev–Trinajstić information content (AvgIpc) is 2.08. The van der Waals surface area contributed by atoms with Crippen molar-refractivity contribution < 1.29 is 14.6 Å². The molecule has 0 radical (unpaired) electrons. The van der Waals surface area contributed by atoms with E-state index in [0.717, 1.165) is 12.8 Å². The van der Waals surface area contributed by atoms with Crippen LogP contribution in [0.25, 0.3) is 0 Å². The summed E-state index contributed by atoms with van der Waals surface area (Å²) >= 11 is 0. The molecule has 0 saturated heterocycles. The second-order valence-electron chi connectivity index (χ2n) is 5.70. The summed E-state index contributed by atoms with van der Waals surface area (Å²) in [5.74, 6) is 0.330. The van der Waals surface area contributed by atoms with Crippen molar-refractivity contribution in [3.63, 3.8) is 0 Å². The van der Waals surface area contributed by atoms with Gasteiger partial charge in [0.05, 0.1) is 6.10 Å². The van der Waals surface area contributed by atoms with E-state index in [-0.39, 0.29) is 18.2 Å². The molecule has 0 heterocycles. The third-order valence-corrected chi connectivity index (χ3v) is 2.87. The number of hydrogen-bond donors (Lipinski definition) is 2. The predicted molar refractivity (Wildman–Crippen MR) is 62.2 cm³/mol. The maximum absolute atomic E-state index is 11.5. The molecule has 0 aromatic carbocycles. The van der Waals surface area contributed by atoms with Crippen LogP contribution >= 0.6 is 0 Å². The van der Waals surface area contributed by atoms with Gasteiger partial charge in [-0.15, -0.1) is 0 Å². The number of ether oxygens (including phenoxy) is 1. The molecule has 1 rings (SSSR count). The minimum Gasteiger partial charge on any atom is -0.444 e. The molecule has 0 spiro atoms. The second kappa shape index (κ2) is 5.04. The van der Waals surface area contributed by atoms with E-state index < -0.39 is 5.60 Å². The number of rotatable bonds is 1. The van der Waals surface area contributed by atoms with Crippen LogP contribution in [0.15, 0.2) is 0 Å². The first-order valence-corrected chi connectivity index (χ1v) is 5.95. The molecule has 1 amide bonds. The fourth-order valence-corrected chi connectivity index (χ4v) is 1.90. The smallest absolute Gasteiger partial charge is 0.407 e. The number of hydrogen-bond acceptors (Lipinski definition) is 3. The van der Waals surface area contributed by atoms with Crippen molar-refractivity contribution in [2.24, 2.45) is 5.92 Å². The number of nitrogens with one attached hydrogen (secondary N) is 1. The van der Waals surface area contributed by atoms with Crippen LogP contribution in [0.5, 0.6) is 0 Å². The summed E-state index contributed by atoms with van der Waals surface area (Å²) in [6.07, 6.45) is 1.78. The monoisotopic (exact) mass is 229 g/mol. The lowest BCUT2D eigenvalue weighted by atomic mass is 9.85. The van der Waals surface area contributed by atoms with Crippen molar-refractivity contribution in [2.45, 2.75) is 64.7 Å². The van der Waals surface area contributed by atoms with Crippen molar-refractivity contribution in [3.05, 3.63) is 0 Å². The topological polar surface area (TPSA) is 58.6 Å². The number of alkyl carbamates (subject to hydrolysis) is 1. The van der Waals surface area contributed by atoms with Crippen molar-refractivity contribution >= 4 is 6.09 Å². The van der Waals surface area contributed by atoms with Gasteiger partial charge in [-0.3, -0.25) is 0 Å². The Bertz CT molecular complexity index is 247. The van der Waals surface area contributed by atoms with Gasteiger partial charge >= 0.3 is 6.09 Å². The van der Waals surface area contributed by atoms with Gasteiger partial charge in [0.2, 0.25) is 0 Å². The largest absolute Gasteiger partial charge is 0.444 e. The van der Waals surface area contributed by atoms with Crippen LogP contribution in [0.2, 0.25) is 0 Å². The number of aliphatic hydroxyl groups excluding tert-OH is 1. The standard InChI is InChI=1S/C12H23NO3/c1-8-5-6-9(7-10(8)14)13-11(15)16-12(2,3)4/h8-10,14H,5-7H2,1-4H3,(H,13,15)/t8-,9-,10-/m1/s1. The Morgan fingerprint density at radius 1 is 1.38 bits per heavy atom. The number of carbonyl (C=O) groups excluding carboxylic acids is 1. The van der Waals surface area contributed by atoms with E-state index >= 15 is 0 Å². The molecule has 0 bridgehead atoms. The maximum Gasteiger partial charge on any atom is 0.407 e. The Labute approximate surface area is 97.4 Å². The average molecular weight is 229 g/mol. The number of amides is 1. The molecule has 1 fully saturated rings. The van der Waals surface area contributed by atoms with Crippen molar-refractivity contribution in [1.82, 2.24) is 5.32 Å². The highest BCUT2D eigenvalue weighted by atomic mass is 16.6. The molecule has 0 unspecified atom stereocenters. The molecule has 0 aromatic rings. The highest BCUT2D eigenvalue weighted by molar-refractivity contribution is 5.68. The number of aliphatic hydroxyl groups is 1. The van der Waals surface area contributed by atoms with E-state index in [1.165, 1.54) is 0 Å². The lowest BCUT2D eigenvalue weighted by Crippen LogP contribution is -2.44. The molecule has 1 aliphatic carbocycles. The van der Waals surface area contributed by atoms with Gasteiger partial charge in [-0.25, -0.2) is 4.79 Å². The summed E-state index contributed by atoms with van der Waals surface area (Å²) in [6, 6.07) is 0.0426. The molecule has 94 valence electrons. The lowest BCUT2D eigenvalue weighted by molar-refractivity contribution is 0.0370. The maximum atomic E-state index is 11.5. The summed E-state index contributed by atoms with van der Waals surface area (Å²) in [6.45, 7) is 7.55. The molecule has 1 saturated carbocycles. The van der Waals surface area contributed by atoms with Crippen LogP contribution in [0, 0.1) is 5.92 Å². The number of carbonyl (C=O) groups is 1. The molecule has 0 aromatic heterocycles. The summed E-state index contributed by atoms with van der Waals surface area (Å²) in [7, 11) is 0. The Hall–Kier alpha value is -0.770. The van der Waals surface area contributed by atoms with Crippen molar-refractivity contribution in [2.75, 3.05) is 0 Å². The van der Waals surface area contributed by atoms with Crippen LogP contribution in [-0.4, -0.2) is 28.9 Å². The molecule has 1 aliphatic rings. The molecule has 2 N–H and O–H groups in total. The third-order valence-electron chi connectivity index (χ3n) is 2.87. The summed E-state index contributed by atoms with van der Waals surface area (Å²) in [5, 5.41) is 12.5. The van der Waals surface area contributed by atoms with Gasteiger partial charge in [0.1, 0.15) is 5.60 Å². The van der Waals surface area contributed by atoms with Gasteiger partial charge in [0.25, 0.3) is 0 Å². The van der Waals surface area contributed by atoms with Gasteiger partial charge in [0.15, 0.2) is 0 Å². The SMILES string of the molecule is C[C@@H]1CC[C@@H](NC(=O)OC(C)(C)C)C[C@H]1O. The third kappa shape index (κ3) is 4.39.